The Labute approximate surface area is 122 Å². The number of anilines is 2. The highest BCUT2D eigenvalue weighted by Gasteiger charge is 2.36. The van der Waals surface area contributed by atoms with Gasteiger partial charge in [0.25, 0.3) is 0 Å². The van der Waals surface area contributed by atoms with Gasteiger partial charge >= 0.3 is 6.18 Å². The van der Waals surface area contributed by atoms with Crippen molar-refractivity contribution in [2.45, 2.75) is 20.0 Å². The van der Waals surface area contributed by atoms with E-state index in [1.807, 2.05) is 11.8 Å². The second kappa shape index (κ2) is 6.46. The van der Waals surface area contributed by atoms with Crippen molar-refractivity contribution >= 4 is 11.6 Å². The second-order valence-electron chi connectivity index (χ2n) is 4.88. The van der Waals surface area contributed by atoms with Gasteiger partial charge in [-0.3, -0.25) is 0 Å². The van der Waals surface area contributed by atoms with Crippen LogP contribution >= 0.6 is 0 Å². The van der Waals surface area contributed by atoms with Crippen LogP contribution in [0, 0.1) is 0 Å². The molecule has 1 N–H and O–H groups in total. The molecule has 0 radical (unpaired) electrons. The molecule has 1 aromatic heterocycles. The van der Waals surface area contributed by atoms with E-state index in [1.165, 1.54) is 0 Å². The first-order chi connectivity index (χ1) is 9.94. The summed E-state index contributed by atoms with van der Waals surface area (Å²) in [5, 5.41) is 2.83. The summed E-state index contributed by atoms with van der Waals surface area (Å²) in [7, 11) is 0. The summed E-state index contributed by atoms with van der Waals surface area (Å²) in [6.07, 6.45) is -4.54. The monoisotopic (exact) mass is 303 g/mol. The Morgan fingerprint density at radius 2 is 1.81 bits per heavy atom. The van der Waals surface area contributed by atoms with Gasteiger partial charge in [0.1, 0.15) is 11.6 Å². The van der Waals surface area contributed by atoms with E-state index in [4.69, 9.17) is 0 Å². The number of piperazine rings is 1. The predicted octanol–water partition coefficient (Wildman–Crippen LogP) is 2.07. The van der Waals surface area contributed by atoms with Crippen molar-refractivity contribution in [3.63, 3.8) is 0 Å². The minimum absolute atomic E-state index is 0.216. The average molecular weight is 303 g/mol. The van der Waals surface area contributed by atoms with Crippen LogP contribution in [0.3, 0.4) is 0 Å². The Morgan fingerprint density at radius 1 is 1.14 bits per heavy atom. The number of rotatable bonds is 4. The lowest BCUT2D eigenvalue weighted by Crippen LogP contribution is -2.46. The van der Waals surface area contributed by atoms with E-state index in [9.17, 15) is 13.2 Å². The zero-order chi connectivity index (χ0) is 15.5. The van der Waals surface area contributed by atoms with E-state index < -0.39 is 12.0 Å². The maximum Gasteiger partial charge on any atom is 0.451 e. The molecule has 1 fully saturated rings. The van der Waals surface area contributed by atoms with Crippen molar-refractivity contribution in [3.05, 3.63) is 11.9 Å². The highest BCUT2D eigenvalue weighted by Crippen LogP contribution is 2.29. The summed E-state index contributed by atoms with van der Waals surface area (Å²) in [6.45, 7) is 8.37. The van der Waals surface area contributed by atoms with Crippen molar-refractivity contribution in [2.24, 2.45) is 0 Å². The molecule has 5 nitrogen and oxygen atoms in total. The lowest BCUT2D eigenvalue weighted by molar-refractivity contribution is -0.144. The number of hydrogen-bond donors (Lipinski definition) is 1. The minimum Gasteiger partial charge on any atom is -0.370 e. The van der Waals surface area contributed by atoms with Gasteiger partial charge in [0.2, 0.25) is 5.82 Å². The summed E-state index contributed by atoms with van der Waals surface area (Å²) >= 11 is 0. The third kappa shape index (κ3) is 3.96. The third-order valence-corrected chi connectivity index (χ3v) is 3.47. The molecule has 118 valence electrons. The molecule has 8 heteroatoms. The van der Waals surface area contributed by atoms with Gasteiger partial charge in [-0.2, -0.15) is 13.2 Å². The molecule has 0 unspecified atom stereocenters. The van der Waals surface area contributed by atoms with Crippen LogP contribution < -0.4 is 10.2 Å². The summed E-state index contributed by atoms with van der Waals surface area (Å²) in [5.41, 5.74) is 0. The van der Waals surface area contributed by atoms with Gasteiger partial charge in [-0.15, -0.1) is 0 Å². The molecular weight excluding hydrogens is 283 g/mol. The lowest BCUT2D eigenvalue weighted by atomic mass is 10.3. The molecule has 0 spiro atoms. The molecule has 21 heavy (non-hydrogen) atoms. The average Bonchev–Trinajstić information content (AvgIpc) is 2.46. The molecule has 1 aliphatic heterocycles. The second-order valence-corrected chi connectivity index (χ2v) is 4.88. The fraction of sp³-hybridized carbons (Fsp3) is 0.692. The van der Waals surface area contributed by atoms with Crippen LogP contribution in [0.25, 0.3) is 0 Å². The maximum absolute atomic E-state index is 12.9. The van der Waals surface area contributed by atoms with Crippen LogP contribution in [-0.4, -0.2) is 54.1 Å². The number of aromatic nitrogens is 2. The van der Waals surface area contributed by atoms with E-state index in [0.29, 0.717) is 25.5 Å². The molecule has 0 bridgehead atoms. The van der Waals surface area contributed by atoms with Crippen LogP contribution in [0.1, 0.15) is 19.7 Å². The van der Waals surface area contributed by atoms with Crippen LogP contribution in [0.2, 0.25) is 0 Å². The van der Waals surface area contributed by atoms with E-state index in [0.717, 1.165) is 19.6 Å². The summed E-state index contributed by atoms with van der Waals surface area (Å²) in [6, 6.07) is 1.58. The van der Waals surface area contributed by atoms with Crippen LogP contribution in [0.5, 0.6) is 0 Å². The van der Waals surface area contributed by atoms with Crippen LogP contribution in [0.4, 0.5) is 24.8 Å². The predicted molar refractivity (Wildman–Crippen MR) is 75.5 cm³/mol. The maximum atomic E-state index is 12.9. The highest BCUT2D eigenvalue weighted by molar-refractivity contribution is 5.50. The van der Waals surface area contributed by atoms with Gasteiger partial charge in [-0.25, -0.2) is 9.97 Å². The highest BCUT2D eigenvalue weighted by atomic mass is 19.4. The van der Waals surface area contributed by atoms with Gasteiger partial charge in [-0.1, -0.05) is 6.92 Å². The number of hydrogen-bond acceptors (Lipinski definition) is 5. The standard InChI is InChI=1S/C13H20F3N5/c1-3-17-10-9-11(19-12(18-10)13(14,15)16)21-7-5-20(4-2)6-8-21/h9H,3-8H2,1-2H3,(H,17,18,19). The minimum atomic E-state index is -4.54. The zero-order valence-electron chi connectivity index (χ0n) is 12.2. The zero-order valence-corrected chi connectivity index (χ0v) is 12.2. The molecule has 0 amide bonds. The van der Waals surface area contributed by atoms with E-state index >= 15 is 0 Å². The number of likely N-dealkylation sites (N-methyl/N-ethyl adjacent to an activating group) is 1. The molecule has 0 aromatic carbocycles. The van der Waals surface area contributed by atoms with E-state index in [1.54, 1.807) is 6.07 Å². The van der Waals surface area contributed by atoms with Crippen molar-refractivity contribution < 1.29 is 13.2 Å². The van der Waals surface area contributed by atoms with Crippen LogP contribution in [0.15, 0.2) is 6.07 Å². The first-order valence-corrected chi connectivity index (χ1v) is 7.11. The Bertz CT molecular complexity index is 469. The molecule has 1 aliphatic rings. The number of nitrogens with one attached hydrogen (secondary N) is 1. The Hall–Kier alpha value is -1.57. The molecule has 0 aliphatic carbocycles. The van der Waals surface area contributed by atoms with Crippen molar-refractivity contribution in [1.29, 1.82) is 0 Å². The van der Waals surface area contributed by atoms with Gasteiger partial charge < -0.3 is 15.1 Å². The van der Waals surface area contributed by atoms with E-state index in [2.05, 4.69) is 27.1 Å². The van der Waals surface area contributed by atoms with Crippen molar-refractivity contribution in [3.8, 4) is 0 Å². The third-order valence-electron chi connectivity index (χ3n) is 3.47. The number of halogens is 3. The van der Waals surface area contributed by atoms with Crippen molar-refractivity contribution in [2.75, 3.05) is 49.5 Å². The quantitative estimate of drug-likeness (QED) is 0.922. The topological polar surface area (TPSA) is 44.3 Å². The van der Waals surface area contributed by atoms with E-state index in [-0.39, 0.29) is 5.82 Å². The van der Waals surface area contributed by atoms with Gasteiger partial charge in [0.05, 0.1) is 0 Å². The molecule has 0 saturated carbocycles. The Morgan fingerprint density at radius 3 is 2.33 bits per heavy atom. The first-order valence-electron chi connectivity index (χ1n) is 7.11. The lowest BCUT2D eigenvalue weighted by Gasteiger charge is -2.35. The SMILES string of the molecule is CCNc1cc(N2CCN(CC)CC2)nc(C(F)(F)F)n1. The smallest absolute Gasteiger partial charge is 0.370 e. The Balaban J connectivity index is 2.24. The molecule has 2 rings (SSSR count). The molecule has 1 saturated heterocycles. The molecule has 0 atom stereocenters. The van der Waals surface area contributed by atoms with Gasteiger partial charge in [0, 0.05) is 38.8 Å². The normalized spacial score (nSPS) is 17.1. The molecule has 2 heterocycles. The fourth-order valence-corrected chi connectivity index (χ4v) is 2.29. The van der Waals surface area contributed by atoms with Gasteiger partial charge in [-0.05, 0) is 13.5 Å². The van der Waals surface area contributed by atoms with Gasteiger partial charge in [0.15, 0.2) is 0 Å². The summed E-state index contributed by atoms with van der Waals surface area (Å²) in [5.74, 6) is -0.536. The Kier molecular flexibility index (Phi) is 4.87. The fourth-order valence-electron chi connectivity index (χ4n) is 2.29. The summed E-state index contributed by atoms with van der Waals surface area (Å²) in [4.78, 5) is 11.4. The largest absolute Gasteiger partial charge is 0.451 e. The number of alkyl halides is 3. The summed E-state index contributed by atoms with van der Waals surface area (Å²) < 4.78 is 38.7. The molecular formula is C13H20F3N5. The number of nitrogens with zero attached hydrogens (tertiary/aromatic N) is 4. The van der Waals surface area contributed by atoms with Crippen molar-refractivity contribution in [1.82, 2.24) is 14.9 Å². The molecule has 1 aromatic rings. The van der Waals surface area contributed by atoms with Crippen LogP contribution in [-0.2, 0) is 6.18 Å². The first kappa shape index (κ1) is 15.8.